The number of sulfonamides is 1. The highest BCUT2D eigenvalue weighted by atomic mass is 35.5. The first-order valence-electron chi connectivity index (χ1n) is 11.1. The number of amides is 1. The van der Waals surface area contributed by atoms with E-state index in [2.05, 4.69) is 4.90 Å². The smallest absolute Gasteiger partial charge is 0.243 e. The van der Waals surface area contributed by atoms with Crippen LogP contribution < -0.4 is 4.90 Å². The minimum absolute atomic E-state index is 0.112. The lowest BCUT2D eigenvalue weighted by Crippen LogP contribution is -2.52. The van der Waals surface area contributed by atoms with Gasteiger partial charge in [-0.3, -0.25) is 4.79 Å². The van der Waals surface area contributed by atoms with Crippen molar-refractivity contribution in [3.05, 3.63) is 58.6 Å². The Kier molecular flexibility index (Phi) is 6.79. The highest BCUT2D eigenvalue weighted by Crippen LogP contribution is 2.27. The first-order chi connectivity index (χ1) is 15.3. The molecule has 32 heavy (non-hydrogen) atoms. The number of anilines is 1. The Bertz CT molecular complexity index is 1090. The van der Waals surface area contributed by atoms with Gasteiger partial charge in [-0.2, -0.15) is 4.31 Å². The molecule has 2 aromatic rings. The number of hydrogen-bond acceptors (Lipinski definition) is 4. The van der Waals surface area contributed by atoms with E-state index >= 15 is 0 Å². The summed E-state index contributed by atoms with van der Waals surface area (Å²) in [6.07, 6.45) is 1.13. The third-order valence-corrected chi connectivity index (χ3v) is 8.81. The SMILES string of the molecule is Cc1ccc(S(=O)(=O)N2CCC(C(=O)N3CCN(c4cccc(Cl)c4)CC3)CC2)cc1C. The van der Waals surface area contributed by atoms with E-state index in [0.717, 1.165) is 29.9 Å². The van der Waals surface area contributed by atoms with Gasteiger partial charge in [-0.15, -0.1) is 0 Å². The van der Waals surface area contributed by atoms with Crippen LogP contribution in [0, 0.1) is 19.8 Å². The van der Waals surface area contributed by atoms with Crippen molar-refractivity contribution >= 4 is 33.2 Å². The van der Waals surface area contributed by atoms with E-state index in [-0.39, 0.29) is 11.8 Å². The molecule has 1 amide bonds. The summed E-state index contributed by atoms with van der Waals surface area (Å²) in [5, 5.41) is 0.712. The lowest BCUT2D eigenvalue weighted by molar-refractivity contribution is -0.137. The molecule has 0 aromatic heterocycles. The maximum Gasteiger partial charge on any atom is 0.243 e. The Balaban J connectivity index is 1.32. The van der Waals surface area contributed by atoms with Crippen LogP contribution in [0.15, 0.2) is 47.4 Å². The van der Waals surface area contributed by atoms with E-state index in [1.54, 1.807) is 12.1 Å². The van der Waals surface area contributed by atoms with Crippen molar-refractivity contribution in [2.45, 2.75) is 31.6 Å². The zero-order valence-corrected chi connectivity index (χ0v) is 20.2. The standard InChI is InChI=1S/C24H30ClN3O3S/c1-18-6-7-23(16-19(18)2)32(30,31)28-10-8-20(9-11-28)24(29)27-14-12-26(13-15-27)22-5-3-4-21(25)17-22/h3-7,16-17,20H,8-15H2,1-2H3. The quantitative estimate of drug-likeness (QED) is 0.676. The summed E-state index contributed by atoms with van der Waals surface area (Å²) in [5.74, 6) is 0.0397. The molecule has 2 aliphatic heterocycles. The van der Waals surface area contributed by atoms with Crippen LogP contribution in [0.4, 0.5) is 5.69 Å². The van der Waals surface area contributed by atoms with Gasteiger partial charge in [0.05, 0.1) is 4.90 Å². The van der Waals surface area contributed by atoms with Crippen LogP contribution in [-0.2, 0) is 14.8 Å². The normalized spacial score (nSPS) is 18.7. The summed E-state index contributed by atoms with van der Waals surface area (Å²) < 4.78 is 27.6. The Morgan fingerprint density at radius 2 is 1.59 bits per heavy atom. The van der Waals surface area contributed by atoms with Crippen molar-refractivity contribution in [1.29, 1.82) is 0 Å². The van der Waals surface area contributed by atoms with E-state index < -0.39 is 10.0 Å². The van der Waals surface area contributed by atoms with Crippen LogP contribution >= 0.6 is 11.6 Å². The molecule has 172 valence electrons. The predicted molar refractivity (Wildman–Crippen MR) is 128 cm³/mol. The molecule has 2 saturated heterocycles. The van der Waals surface area contributed by atoms with Gasteiger partial charge in [-0.1, -0.05) is 23.7 Å². The number of piperazine rings is 1. The second-order valence-corrected chi connectivity index (χ2v) is 11.1. The van der Waals surface area contributed by atoms with Crippen LogP contribution in [0.2, 0.25) is 5.02 Å². The molecule has 0 unspecified atom stereocenters. The summed E-state index contributed by atoms with van der Waals surface area (Å²) in [6.45, 7) is 7.54. The molecule has 0 atom stereocenters. The maximum atomic E-state index is 13.1. The summed E-state index contributed by atoms with van der Waals surface area (Å²) in [6, 6.07) is 13.0. The first kappa shape index (κ1) is 23.1. The first-order valence-corrected chi connectivity index (χ1v) is 12.9. The van der Waals surface area contributed by atoms with Gasteiger partial charge in [-0.05, 0) is 68.1 Å². The molecule has 0 radical (unpaired) electrons. The molecule has 2 aliphatic rings. The summed E-state index contributed by atoms with van der Waals surface area (Å²) in [4.78, 5) is 17.6. The lowest BCUT2D eigenvalue weighted by Gasteiger charge is -2.39. The average Bonchev–Trinajstić information content (AvgIpc) is 2.80. The van der Waals surface area contributed by atoms with E-state index in [4.69, 9.17) is 11.6 Å². The van der Waals surface area contributed by atoms with Crippen LogP contribution in [0.5, 0.6) is 0 Å². The molecule has 0 aliphatic carbocycles. The lowest BCUT2D eigenvalue weighted by atomic mass is 9.96. The van der Waals surface area contributed by atoms with Gasteiger partial charge >= 0.3 is 0 Å². The molecule has 2 fully saturated rings. The molecule has 4 rings (SSSR count). The Morgan fingerprint density at radius 1 is 0.906 bits per heavy atom. The number of carbonyl (C=O) groups is 1. The van der Waals surface area contributed by atoms with Gasteiger partial charge in [0.1, 0.15) is 0 Å². The van der Waals surface area contributed by atoms with Gasteiger partial charge in [-0.25, -0.2) is 8.42 Å². The highest BCUT2D eigenvalue weighted by Gasteiger charge is 2.34. The van der Waals surface area contributed by atoms with E-state index in [1.165, 1.54) is 4.31 Å². The molecular formula is C24H30ClN3O3S. The number of halogens is 1. The fourth-order valence-corrected chi connectivity index (χ4v) is 6.22. The number of piperidine rings is 1. The summed E-state index contributed by atoms with van der Waals surface area (Å²) in [5.41, 5.74) is 3.12. The fourth-order valence-electron chi connectivity index (χ4n) is 4.48. The molecule has 0 saturated carbocycles. The molecule has 0 spiro atoms. The Morgan fingerprint density at radius 3 is 2.22 bits per heavy atom. The zero-order chi connectivity index (χ0) is 22.9. The second kappa shape index (κ2) is 9.41. The van der Waals surface area contributed by atoms with Crippen molar-refractivity contribution in [2.24, 2.45) is 5.92 Å². The van der Waals surface area contributed by atoms with Gasteiger partial charge in [0.25, 0.3) is 0 Å². The molecule has 2 heterocycles. The Labute approximate surface area is 195 Å². The van der Waals surface area contributed by atoms with Gasteiger partial charge in [0.15, 0.2) is 0 Å². The monoisotopic (exact) mass is 475 g/mol. The molecular weight excluding hydrogens is 446 g/mol. The van der Waals surface area contributed by atoms with Crippen LogP contribution in [-0.4, -0.2) is 62.8 Å². The third kappa shape index (κ3) is 4.80. The maximum absolute atomic E-state index is 13.1. The van der Waals surface area contributed by atoms with Gasteiger partial charge in [0, 0.05) is 55.9 Å². The van der Waals surface area contributed by atoms with Crippen LogP contribution in [0.25, 0.3) is 0 Å². The van der Waals surface area contributed by atoms with Gasteiger partial charge < -0.3 is 9.80 Å². The molecule has 0 N–H and O–H groups in total. The second-order valence-electron chi connectivity index (χ2n) is 8.72. The van der Waals surface area contributed by atoms with E-state index in [1.807, 2.05) is 49.1 Å². The number of hydrogen-bond donors (Lipinski definition) is 0. The molecule has 8 heteroatoms. The predicted octanol–water partition coefficient (Wildman–Crippen LogP) is 3.71. The summed E-state index contributed by atoms with van der Waals surface area (Å²) >= 11 is 6.10. The van der Waals surface area contributed by atoms with Crippen molar-refractivity contribution in [1.82, 2.24) is 9.21 Å². The average molecular weight is 476 g/mol. The highest BCUT2D eigenvalue weighted by molar-refractivity contribution is 7.89. The third-order valence-electron chi connectivity index (χ3n) is 6.68. The number of benzene rings is 2. The number of aryl methyl sites for hydroxylation is 2. The molecule has 0 bridgehead atoms. The fraction of sp³-hybridized carbons (Fsp3) is 0.458. The largest absolute Gasteiger partial charge is 0.368 e. The van der Waals surface area contributed by atoms with Crippen molar-refractivity contribution in [3.8, 4) is 0 Å². The van der Waals surface area contributed by atoms with Crippen LogP contribution in [0.1, 0.15) is 24.0 Å². The van der Waals surface area contributed by atoms with Crippen molar-refractivity contribution < 1.29 is 13.2 Å². The zero-order valence-electron chi connectivity index (χ0n) is 18.6. The van der Waals surface area contributed by atoms with Crippen LogP contribution in [0.3, 0.4) is 0 Å². The topological polar surface area (TPSA) is 60.9 Å². The van der Waals surface area contributed by atoms with Gasteiger partial charge in [0.2, 0.25) is 15.9 Å². The Hall–Kier alpha value is -2.09. The minimum Gasteiger partial charge on any atom is -0.368 e. The number of rotatable bonds is 4. The van der Waals surface area contributed by atoms with Crippen molar-refractivity contribution in [3.63, 3.8) is 0 Å². The van der Waals surface area contributed by atoms with E-state index in [9.17, 15) is 13.2 Å². The summed E-state index contributed by atoms with van der Waals surface area (Å²) in [7, 11) is -3.53. The minimum atomic E-state index is -3.53. The number of nitrogens with zero attached hydrogens (tertiary/aromatic N) is 3. The molecule has 2 aromatic carbocycles. The van der Waals surface area contributed by atoms with Crippen molar-refractivity contribution in [2.75, 3.05) is 44.2 Å². The van der Waals surface area contributed by atoms with E-state index in [0.29, 0.717) is 48.9 Å². The molecule has 6 nitrogen and oxygen atoms in total. The number of carbonyl (C=O) groups excluding carboxylic acids is 1.